The molecular weight excluding hydrogens is 258 g/mol. The van der Waals surface area contributed by atoms with Crippen LogP contribution in [0.5, 0.6) is 5.75 Å². The molecule has 0 atom stereocenters. The number of rotatable bonds is 5. The first-order valence-electron chi connectivity index (χ1n) is 5.11. The summed E-state index contributed by atoms with van der Waals surface area (Å²) in [4.78, 5) is 11.4. The summed E-state index contributed by atoms with van der Waals surface area (Å²) < 4.78 is 5.26. The maximum Gasteiger partial charge on any atom is 0.258 e. The maximum atomic E-state index is 11.4. The second-order valence-electron chi connectivity index (χ2n) is 3.35. The minimum absolute atomic E-state index is 0.0838. The van der Waals surface area contributed by atoms with E-state index in [2.05, 4.69) is 25.9 Å². The van der Waals surface area contributed by atoms with Gasteiger partial charge in [0.05, 0.1) is 6.54 Å². The molecule has 2 N–H and O–H groups in total. The predicted molar refractivity (Wildman–Crippen MR) is 63.0 cm³/mol. The number of hydrogen-bond acceptors (Lipinski definition) is 5. The first-order valence-corrected chi connectivity index (χ1v) is 5.49. The standard InChI is InChI=1S/C10H10ClN5O2/c11-7-1-3-8(4-2-7)18-6-10(17)12-5-9-13-15-16-14-9/h1-4H,5-6H2,(H,12,17)(H,13,14,15,16). The van der Waals surface area contributed by atoms with Gasteiger partial charge in [-0.15, -0.1) is 10.2 Å². The summed E-state index contributed by atoms with van der Waals surface area (Å²) in [5.41, 5.74) is 0. The number of carbonyl (C=O) groups excluding carboxylic acids is 1. The molecule has 2 aromatic rings. The second kappa shape index (κ2) is 5.97. The molecule has 0 bridgehead atoms. The van der Waals surface area contributed by atoms with Crippen LogP contribution in [0.25, 0.3) is 0 Å². The molecule has 0 fully saturated rings. The summed E-state index contributed by atoms with van der Waals surface area (Å²) in [5, 5.41) is 16.3. The number of nitrogens with one attached hydrogen (secondary N) is 2. The molecule has 0 unspecified atom stereocenters. The fraction of sp³-hybridized carbons (Fsp3) is 0.200. The molecule has 0 aliphatic rings. The van der Waals surface area contributed by atoms with E-state index in [0.717, 1.165) is 0 Å². The molecule has 0 aliphatic heterocycles. The van der Waals surface area contributed by atoms with Gasteiger partial charge in [0, 0.05) is 5.02 Å². The number of aromatic nitrogens is 4. The van der Waals surface area contributed by atoms with Crippen molar-refractivity contribution in [3.8, 4) is 5.75 Å². The quantitative estimate of drug-likeness (QED) is 0.825. The van der Waals surface area contributed by atoms with Gasteiger partial charge in [0.15, 0.2) is 12.4 Å². The van der Waals surface area contributed by atoms with Crippen LogP contribution >= 0.6 is 11.6 Å². The molecular formula is C10H10ClN5O2. The van der Waals surface area contributed by atoms with E-state index < -0.39 is 0 Å². The highest BCUT2D eigenvalue weighted by atomic mass is 35.5. The predicted octanol–water partition coefficient (Wildman–Crippen LogP) is 0.548. The Hall–Kier alpha value is -2.15. The lowest BCUT2D eigenvalue weighted by Crippen LogP contribution is -2.28. The van der Waals surface area contributed by atoms with Gasteiger partial charge in [0.25, 0.3) is 5.91 Å². The lowest BCUT2D eigenvalue weighted by atomic mass is 10.3. The number of amides is 1. The third kappa shape index (κ3) is 3.70. The average Bonchev–Trinajstić information content (AvgIpc) is 2.89. The molecule has 0 aliphatic carbocycles. The normalized spacial score (nSPS) is 10.1. The largest absolute Gasteiger partial charge is 0.484 e. The first-order chi connectivity index (χ1) is 8.74. The zero-order valence-corrected chi connectivity index (χ0v) is 10.0. The minimum atomic E-state index is -0.269. The molecule has 94 valence electrons. The average molecular weight is 268 g/mol. The molecule has 0 radical (unpaired) electrons. The van der Waals surface area contributed by atoms with Crippen molar-refractivity contribution in [2.75, 3.05) is 6.61 Å². The summed E-state index contributed by atoms with van der Waals surface area (Å²) >= 11 is 5.72. The van der Waals surface area contributed by atoms with Gasteiger partial charge in [-0.2, -0.15) is 5.21 Å². The van der Waals surface area contributed by atoms with E-state index in [-0.39, 0.29) is 19.1 Å². The molecule has 1 aromatic heterocycles. The topological polar surface area (TPSA) is 92.8 Å². The van der Waals surface area contributed by atoms with Gasteiger partial charge in [-0.3, -0.25) is 4.79 Å². The Morgan fingerprint density at radius 2 is 2.17 bits per heavy atom. The van der Waals surface area contributed by atoms with E-state index in [1.54, 1.807) is 24.3 Å². The van der Waals surface area contributed by atoms with Crippen molar-refractivity contribution >= 4 is 17.5 Å². The first kappa shape index (κ1) is 12.3. The second-order valence-corrected chi connectivity index (χ2v) is 3.78. The molecule has 1 amide bonds. The lowest BCUT2D eigenvalue weighted by Gasteiger charge is -2.05. The summed E-state index contributed by atoms with van der Waals surface area (Å²) in [6.07, 6.45) is 0. The molecule has 1 aromatic carbocycles. The number of benzene rings is 1. The van der Waals surface area contributed by atoms with Crippen molar-refractivity contribution in [1.82, 2.24) is 25.9 Å². The van der Waals surface area contributed by atoms with Crippen LogP contribution in [0.3, 0.4) is 0 Å². The monoisotopic (exact) mass is 267 g/mol. The van der Waals surface area contributed by atoms with Crippen LogP contribution in [-0.4, -0.2) is 33.1 Å². The Labute approximate surface area is 107 Å². The van der Waals surface area contributed by atoms with Gasteiger partial charge < -0.3 is 10.1 Å². The minimum Gasteiger partial charge on any atom is -0.484 e. The van der Waals surface area contributed by atoms with Crippen molar-refractivity contribution in [1.29, 1.82) is 0 Å². The van der Waals surface area contributed by atoms with Crippen molar-refractivity contribution in [3.63, 3.8) is 0 Å². The van der Waals surface area contributed by atoms with Crippen molar-refractivity contribution in [2.45, 2.75) is 6.54 Å². The fourth-order valence-corrected chi connectivity index (χ4v) is 1.29. The van der Waals surface area contributed by atoms with Gasteiger partial charge >= 0.3 is 0 Å². The maximum absolute atomic E-state index is 11.4. The molecule has 0 saturated heterocycles. The van der Waals surface area contributed by atoms with Gasteiger partial charge in [0.2, 0.25) is 0 Å². The van der Waals surface area contributed by atoms with E-state index >= 15 is 0 Å². The highest BCUT2D eigenvalue weighted by Crippen LogP contribution is 2.15. The molecule has 18 heavy (non-hydrogen) atoms. The molecule has 0 spiro atoms. The number of nitrogens with zero attached hydrogens (tertiary/aromatic N) is 3. The summed E-state index contributed by atoms with van der Waals surface area (Å²) in [7, 11) is 0. The van der Waals surface area contributed by atoms with Crippen LogP contribution < -0.4 is 10.1 Å². The van der Waals surface area contributed by atoms with Crippen molar-refractivity contribution < 1.29 is 9.53 Å². The van der Waals surface area contributed by atoms with E-state index in [0.29, 0.717) is 16.6 Å². The third-order valence-corrected chi connectivity index (χ3v) is 2.27. The highest BCUT2D eigenvalue weighted by Gasteiger charge is 2.04. The Kier molecular flexibility index (Phi) is 4.08. The number of halogens is 1. The highest BCUT2D eigenvalue weighted by molar-refractivity contribution is 6.30. The summed E-state index contributed by atoms with van der Waals surface area (Å²) in [5.74, 6) is 0.721. The van der Waals surface area contributed by atoms with Crippen LogP contribution in [0.4, 0.5) is 0 Å². The van der Waals surface area contributed by atoms with Crippen molar-refractivity contribution in [2.24, 2.45) is 0 Å². The van der Waals surface area contributed by atoms with E-state index in [1.165, 1.54) is 0 Å². The summed E-state index contributed by atoms with van der Waals surface area (Å²) in [6.45, 7) is 0.124. The Morgan fingerprint density at radius 3 is 2.83 bits per heavy atom. The van der Waals surface area contributed by atoms with Crippen LogP contribution in [0, 0.1) is 0 Å². The number of tetrazole rings is 1. The number of aromatic amines is 1. The van der Waals surface area contributed by atoms with E-state index in [1.807, 2.05) is 0 Å². The molecule has 0 saturated carbocycles. The fourth-order valence-electron chi connectivity index (χ4n) is 1.17. The molecule has 7 nitrogen and oxygen atoms in total. The van der Waals surface area contributed by atoms with Crippen LogP contribution in [0.15, 0.2) is 24.3 Å². The number of hydrogen-bond donors (Lipinski definition) is 2. The third-order valence-electron chi connectivity index (χ3n) is 2.02. The SMILES string of the molecule is O=C(COc1ccc(Cl)cc1)NCc1nn[nH]n1. The van der Waals surface area contributed by atoms with Crippen LogP contribution in [0.1, 0.15) is 5.82 Å². The Balaban J connectivity index is 1.73. The van der Waals surface area contributed by atoms with Gasteiger partial charge in [-0.1, -0.05) is 16.8 Å². The number of carbonyl (C=O) groups is 1. The summed E-state index contributed by atoms with van der Waals surface area (Å²) in [6, 6.07) is 6.76. The van der Waals surface area contributed by atoms with Gasteiger partial charge in [-0.25, -0.2) is 0 Å². The Bertz CT molecular complexity index is 499. The molecule has 8 heteroatoms. The number of H-pyrrole nitrogens is 1. The van der Waals surface area contributed by atoms with Crippen LogP contribution in [-0.2, 0) is 11.3 Å². The zero-order chi connectivity index (χ0) is 12.8. The van der Waals surface area contributed by atoms with E-state index in [9.17, 15) is 4.79 Å². The Morgan fingerprint density at radius 1 is 1.39 bits per heavy atom. The molecule has 1 heterocycles. The smallest absolute Gasteiger partial charge is 0.258 e. The van der Waals surface area contributed by atoms with Crippen LogP contribution in [0.2, 0.25) is 5.02 Å². The molecule has 2 rings (SSSR count). The zero-order valence-electron chi connectivity index (χ0n) is 9.26. The van der Waals surface area contributed by atoms with E-state index in [4.69, 9.17) is 16.3 Å². The van der Waals surface area contributed by atoms with Crippen molar-refractivity contribution in [3.05, 3.63) is 35.1 Å². The number of ether oxygens (including phenoxy) is 1. The lowest BCUT2D eigenvalue weighted by molar-refractivity contribution is -0.123. The van der Waals surface area contributed by atoms with Gasteiger partial charge in [-0.05, 0) is 24.3 Å². The van der Waals surface area contributed by atoms with Gasteiger partial charge in [0.1, 0.15) is 5.75 Å².